The molecule has 0 fully saturated rings. The molecule has 2 aromatic rings. The third kappa shape index (κ3) is 4.36. The van der Waals surface area contributed by atoms with Gasteiger partial charge in [-0.2, -0.15) is 0 Å². The van der Waals surface area contributed by atoms with Gasteiger partial charge < -0.3 is 14.8 Å². The Labute approximate surface area is 136 Å². The van der Waals surface area contributed by atoms with E-state index in [1.807, 2.05) is 17.5 Å². The minimum absolute atomic E-state index is 0.213. The Balaban J connectivity index is 1.90. The molecule has 0 radical (unpaired) electrons. The van der Waals surface area contributed by atoms with Gasteiger partial charge in [0, 0.05) is 19.0 Å². The van der Waals surface area contributed by atoms with Crippen LogP contribution in [0.2, 0.25) is 0 Å². The molecule has 0 bridgehead atoms. The van der Waals surface area contributed by atoms with Crippen LogP contribution in [0.4, 0.5) is 0 Å². The zero-order valence-corrected chi connectivity index (χ0v) is 13.8. The highest BCUT2D eigenvalue weighted by molar-refractivity contribution is 7.20. The molecule has 0 aromatic carbocycles. The van der Waals surface area contributed by atoms with Crippen molar-refractivity contribution in [2.45, 2.75) is 13.0 Å². The maximum Gasteiger partial charge on any atom is 0.358 e. The normalized spacial score (nSPS) is 11.9. The fraction of sp³-hybridized carbons (Fsp3) is 0.357. The van der Waals surface area contributed by atoms with Crippen LogP contribution in [0.15, 0.2) is 22.9 Å². The number of thiophene rings is 1. The fourth-order valence-electron chi connectivity index (χ4n) is 1.58. The molecule has 0 aliphatic heterocycles. The summed E-state index contributed by atoms with van der Waals surface area (Å²) in [5.74, 6) is -0.965. The van der Waals surface area contributed by atoms with Gasteiger partial charge in [0.1, 0.15) is 5.01 Å². The fourth-order valence-corrected chi connectivity index (χ4v) is 3.18. The molecule has 118 valence electrons. The molecule has 22 heavy (non-hydrogen) atoms. The van der Waals surface area contributed by atoms with Gasteiger partial charge in [-0.05, 0) is 18.4 Å². The Morgan fingerprint density at radius 2 is 2.23 bits per heavy atom. The first-order valence-electron chi connectivity index (χ1n) is 6.59. The van der Waals surface area contributed by atoms with E-state index >= 15 is 0 Å². The first kappa shape index (κ1) is 16.6. The van der Waals surface area contributed by atoms with Gasteiger partial charge in [0.25, 0.3) is 5.91 Å². The Morgan fingerprint density at radius 3 is 2.91 bits per heavy atom. The van der Waals surface area contributed by atoms with Crippen LogP contribution in [-0.2, 0) is 14.3 Å². The van der Waals surface area contributed by atoms with E-state index in [1.165, 1.54) is 18.3 Å². The van der Waals surface area contributed by atoms with E-state index in [0.717, 1.165) is 9.88 Å². The number of aromatic nitrogens is 1. The van der Waals surface area contributed by atoms with E-state index in [4.69, 9.17) is 9.47 Å². The molecule has 1 N–H and O–H groups in total. The predicted octanol–water partition coefficient (Wildman–Crippen LogP) is 2.18. The molecule has 1 amide bonds. The second-order valence-electron chi connectivity index (χ2n) is 4.35. The smallest absolute Gasteiger partial charge is 0.358 e. The molecule has 0 spiro atoms. The third-order valence-electron chi connectivity index (χ3n) is 2.70. The van der Waals surface area contributed by atoms with Crippen LogP contribution in [0, 0.1) is 0 Å². The van der Waals surface area contributed by atoms with E-state index in [-0.39, 0.29) is 11.6 Å². The van der Waals surface area contributed by atoms with Gasteiger partial charge in [0.15, 0.2) is 11.8 Å². The Bertz CT molecular complexity index is 625. The van der Waals surface area contributed by atoms with Crippen molar-refractivity contribution in [1.29, 1.82) is 0 Å². The topological polar surface area (TPSA) is 77.5 Å². The van der Waals surface area contributed by atoms with E-state index in [0.29, 0.717) is 13.2 Å². The molecule has 0 aliphatic rings. The van der Waals surface area contributed by atoms with Gasteiger partial charge in [-0.25, -0.2) is 9.78 Å². The average Bonchev–Trinajstić information content (AvgIpc) is 3.18. The summed E-state index contributed by atoms with van der Waals surface area (Å²) in [6.07, 6.45) is -0.878. The molecule has 0 saturated carbocycles. The number of hydrogen-bond donors (Lipinski definition) is 1. The zero-order valence-electron chi connectivity index (χ0n) is 12.2. The molecule has 0 saturated heterocycles. The summed E-state index contributed by atoms with van der Waals surface area (Å²) >= 11 is 2.92. The Kier molecular flexibility index (Phi) is 6.05. The van der Waals surface area contributed by atoms with Gasteiger partial charge in [-0.1, -0.05) is 6.07 Å². The number of hydrogen-bond acceptors (Lipinski definition) is 7. The number of nitrogens with zero attached hydrogens (tertiary/aromatic N) is 1. The van der Waals surface area contributed by atoms with Crippen LogP contribution < -0.4 is 5.32 Å². The lowest BCUT2D eigenvalue weighted by Crippen LogP contribution is -2.37. The minimum atomic E-state index is -0.878. The first-order chi connectivity index (χ1) is 10.6. The summed E-state index contributed by atoms with van der Waals surface area (Å²) in [6.45, 7) is 2.30. The van der Waals surface area contributed by atoms with Gasteiger partial charge in [0.05, 0.1) is 11.5 Å². The maximum atomic E-state index is 12.0. The highest BCUT2D eigenvalue weighted by Crippen LogP contribution is 2.28. The summed E-state index contributed by atoms with van der Waals surface area (Å²) in [5.41, 5.74) is 0.213. The summed E-state index contributed by atoms with van der Waals surface area (Å²) < 4.78 is 9.95. The molecule has 8 heteroatoms. The Hall–Kier alpha value is -1.77. The number of ether oxygens (including phenoxy) is 2. The summed E-state index contributed by atoms with van der Waals surface area (Å²) in [5, 5.41) is 6.95. The van der Waals surface area contributed by atoms with Crippen molar-refractivity contribution in [2.24, 2.45) is 0 Å². The number of methoxy groups -OCH3 is 1. The van der Waals surface area contributed by atoms with Crippen molar-refractivity contribution in [3.63, 3.8) is 0 Å². The molecule has 6 nitrogen and oxygen atoms in total. The third-order valence-corrected chi connectivity index (χ3v) is 4.59. The number of thiazole rings is 1. The van der Waals surface area contributed by atoms with Crippen LogP contribution in [0.5, 0.6) is 0 Å². The number of nitrogens with one attached hydrogen (secondary N) is 1. The van der Waals surface area contributed by atoms with Crippen LogP contribution in [0.3, 0.4) is 0 Å². The van der Waals surface area contributed by atoms with Crippen LogP contribution in [0.25, 0.3) is 9.88 Å². The van der Waals surface area contributed by atoms with Gasteiger partial charge in [-0.15, -0.1) is 22.7 Å². The van der Waals surface area contributed by atoms with E-state index in [1.54, 1.807) is 23.8 Å². The zero-order chi connectivity index (χ0) is 15.9. The molecule has 2 heterocycles. The lowest BCUT2D eigenvalue weighted by molar-refractivity contribution is -0.129. The number of amides is 1. The minimum Gasteiger partial charge on any atom is -0.448 e. The predicted molar refractivity (Wildman–Crippen MR) is 85.2 cm³/mol. The van der Waals surface area contributed by atoms with E-state index in [9.17, 15) is 9.59 Å². The Morgan fingerprint density at radius 1 is 1.41 bits per heavy atom. The molecule has 1 atom stereocenters. The lowest BCUT2D eigenvalue weighted by Gasteiger charge is -2.12. The number of carbonyl (C=O) groups excluding carboxylic acids is 2. The van der Waals surface area contributed by atoms with Crippen molar-refractivity contribution in [3.05, 3.63) is 28.6 Å². The maximum absolute atomic E-state index is 12.0. The van der Waals surface area contributed by atoms with Crippen LogP contribution in [0.1, 0.15) is 17.4 Å². The molecule has 2 rings (SSSR count). The second-order valence-corrected chi connectivity index (χ2v) is 6.15. The van der Waals surface area contributed by atoms with Crippen molar-refractivity contribution >= 4 is 34.6 Å². The van der Waals surface area contributed by atoms with Crippen LogP contribution >= 0.6 is 22.7 Å². The quantitative estimate of drug-likeness (QED) is 0.617. The highest BCUT2D eigenvalue weighted by atomic mass is 32.1. The summed E-state index contributed by atoms with van der Waals surface area (Å²) in [7, 11) is 1.54. The largest absolute Gasteiger partial charge is 0.448 e. The second kappa shape index (κ2) is 8.02. The molecule has 2 aromatic heterocycles. The highest BCUT2D eigenvalue weighted by Gasteiger charge is 2.20. The number of rotatable bonds is 7. The van der Waals surface area contributed by atoms with Crippen molar-refractivity contribution in [2.75, 3.05) is 20.3 Å². The lowest BCUT2D eigenvalue weighted by atomic mass is 10.3. The van der Waals surface area contributed by atoms with E-state index < -0.39 is 12.1 Å². The number of esters is 1. The van der Waals surface area contributed by atoms with Crippen molar-refractivity contribution < 1.29 is 19.1 Å². The SMILES string of the molecule is COCCNC(=O)[C@@H](C)OC(=O)c1csc(-c2cccs2)n1. The van der Waals surface area contributed by atoms with Crippen molar-refractivity contribution in [1.82, 2.24) is 10.3 Å². The first-order valence-corrected chi connectivity index (χ1v) is 8.34. The molecular formula is C14H16N2O4S2. The molecule has 0 aliphatic carbocycles. The standard InChI is InChI=1S/C14H16N2O4S2/c1-9(12(17)15-5-6-19-2)20-14(18)10-8-22-13(16-10)11-4-3-7-21-11/h3-4,7-9H,5-6H2,1-2H3,(H,15,17)/t9-/m1/s1. The number of carbonyl (C=O) groups is 2. The van der Waals surface area contributed by atoms with Gasteiger partial charge in [0.2, 0.25) is 0 Å². The van der Waals surface area contributed by atoms with Crippen LogP contribution in [-0.4, -0.2) is 43.2 Å². The average molecular weight is 340 g/mol. The summed E-state index contributed by atoms with van der Waals surface area (Å²) in [4.78, 5) is 28.9. The molecule has 0 unspecified atom stereocenters. The van der Waals surface area contributed by atoms with Crippen molar-refractivity contribution in [3.8, 4) is 9.88 Å². The van der Waals surface area contributed by atoms with E-state index in [2.05, 4.69) is 10.3 Å². The van der Waals surface area contributed by atoms with Gasteiger partial charge in [-0.3, -0.25) is 4.79 Å². The molecular weight excluding hydrogens is 324 g/mol. The monoisotopic (exact) mass is 340 g/mol. The van der Waals surface area contributed by atoms with Gasteiger partial charge >= 0.3 is 5.97 Å². The summed E-state index contributed by atoms with van der Waals surface area (Å²) in [6, 6.07) is 3.86.